The summed E-state index contributed by atoms with van der Waals surface area (Å²) in [6, 6.07) is 11.7. The van der Waals surface area contributed by atoms with Crippen LogP contribution in [0.5, 0.6) is 0 Å². The highest BCUT2D eigenvalue weighted by molar-refractivity contribution is 7.89. The van der Waals surface area contributed by atoms with E-state index in [-0.39, 0.29) is 17.3 Å². The van der Waals surface area contributed by atoms with Crippen LogP contribution in [0.2, 0.25) is 5.02 Å². The van der Waals surface area contributed by atoms with E-state index >= 15 is 0 Å². The summed E-state index contributed by atoms with van der Waals surface area (Å²) in [5.41, 5.74) is 2.33. The van der Waals surface area contributed by atoms with Crippen LogP contribution in [0.3, 0.4) is 0 Å². The van der Waals surface area contributed by atoms with Gasteiger partial charge in [-0.2, -0.15) is 0 Å². The van der Waals surface area contributed by atoms with Crippen LogP contribution < -0.4 is 10.0 Å². The molecule has 0 aromatic heterocycles. The van der Waals surface area contributed by atoms with Crippen molar-refractivity contribution in [2.24, 2.45) is 0 Å². The molecule has 0 unspecified atom stereocenters. The first-order chi connectivity index (χ1) is 10.9. The Morgan fingerprint density at radius 2 is 1.83 bits per heavy atom. The average molecular weight is 351 g/mol. The Morgan fingerprint density at radius 3 is 2.57 bits per heavy atom. The van der Waals surface area contributed by atoms with Crippen molar-refractivity contribution in [2.75, 3.05) is 5.32 Å². The normalized spacial score (nSPS) is 14.2. The second-order valence-electron chi connectivity index (χ2n) is 5.32. The third-order valence-electron chi connectivity index (χ3n) is 3.66. The molecule has 1 heterocycles. The van der Waals surface area contributed by atoms with E-state index in [4.69, 9.17) is 11.6 Å². The van der Waals surface area contributed by atoms with E-state index in [1.54, 1.807) is 36.4 Å². The van der Waals surface area contributed by atoms with Crippen molar-refractivity contribution in [2.45, 2.75) is 24.3 Å². The first-order valence-electron chi connectivity index (χ1n) is 7.11. The van der Waals surface area contributed by atoms with Gasteiger partial charge in [0.25, 0.3) is 0 Å². The highest BCUT2D eigenvalue weighted by Gasteiger charge is 2.19. The van der Waals surface area contributed by atoms with E-state index in [0.29, 0.717) is 23.6 Å². The topological polar surface area (TPSA) is 75.3 Å². The molecule has 0 saturated carbocycles. The van der Waals surface area contributed by atoms with Crippen LogP contribution in [0.15, 0.2) is 47.4 Å². The summed E-state index contributed by atoms with van der Waals surface area (Å²) < 4.78 is 27.4. The fourth-order valence-electron chi connectivity index (χ4n) is 2.39. The lowest BCUT2D eigenvalue weighted by Crippen LogP contribution is -2.24. The summed E-state index contributed by atoms with van der Waals surface area (Å²) in [7, 11) is -3.61. The molecule has 2 N–H and O–H groups in total. The first-order valence-corrected chi connectivity index (χ1v) is 8.97. The Morgan fingerprint density at radius 1 is 1.09 bits per heavy atom. The molecule has 0 saturated heterocycles. The van der Waals surface area contributed by atoms with Crippen molar-refractivity contribution >= 4 is 33.2 Å². The van der Waals surface area contributed by atoms with Crippen LogP contribution in [0, 0.1) is 0 Å². The number of halogens is 1. The van der Waals surface area contributed by atoms with E-state index in [1.807, 2.05) is 0 Å². The fourth-order valence-corrected chi connectivity index (χ4v) is 3.58. The average Bonchev–Trinajstić information content (AvgIpc) is 2.54. The lowest BCUT2D eigenvalue weighted by molar-refractivity contribution is -0.116. The number of hydrogen-bond donors (Lipinski definition) is 2. The van der Waals surface area contributed by atoms with Gasteiger partial charge >= 0.3 is 0 Å². The molecule has 3 rings (SSSR count). The van der Waals surface area contributed by atoms with Gasteiger partial charge in [0.2, 0.25) is 15.9 Å². The van der Waals surface area contributed by atoms with Gasteiger partial charge in [0.1, 0.15) is 0 Å². The van der Waals surface area contributed by atoms with Gasteiger partial charge in [-0.05, 0) is 47.9 Å². The highest BCUT2D eigenvalue weighted by Crippen LogP contribution is 2.25. The molecule has 0 atom stereocenters. The van der Waals surface area contributed by atoms with Gasteiger partial charge in [-0.1, -0.05) is 23.7 Å². The second-order valence-corrected chi connectivity index (χ2v) is 7.52. The van der Waals surface area contributed by atoms with Gasteiger partial charge in [-0.25, -0.2) is 13.1 Å². The van der Waals surface area contributed by atoms with Crippen molar-refractivity contribution in [1.29, 1.82) is 0 Å². The maximum Gasteiger partial charge on any atom is 0.240 e. The van der Waals surface area contributed by atoms with E-state index < -0.39 is 10.0 Å². The minimum Gasteiger partial charge on any atom is -0.326 e. The van der Waals surface area contributed by atoms with Gasteiger partial charge in [-0.15, -0.1) is 0 Å². The lowest BCUT2D eigenvalue weighted by atomic mass is 10.0. The van der Waals surface area contributed by atoms with Crippen LogP contribution >= 0.6 is 11.6 Å². The third kappa shape index (κ3) is 3.72. The number of carbonyl (C=O) groups is 1. The smallest absolute Gasteiger partial charge is 0.240 e. The first kappa shape index (κ1) is 16.0. The van der Waals surface area contributed by atoms with E-state index in [2.05, 4.69) is 10.0 Å². The van der Waals surface area contributed by atoms with Crippen molar-refractivity contribution in [3.63, 3.8) is 0 Å². The van der Waals surface area contributed by atoms with E-state index in [9.17, 15) is 13.2 Å². The lowest BCUT2D eigenvalue weighted by Gasteiger charge is -2.17. The zero-order valence-corrected chi connectivity index (χ0v) is 13.7. The van der Waals surface area contributed by atoms with Crippen molar-refractivity contribution < 1.29 is 13.2 Å². The van der Waals surface area contributed by atoms with Gasteiger partial charge in [0.05, 0.1) is 4.90 Å². The van der Waals surface area contributed by atoms with Crippen LogP contribution in [0.1, 0.15) is 17.5 Å². The maximum atomic E-state index is 12.4. The molecular formula is C16H15ClN2O3S. The van der Waals surface area contributed by atoms with Crippen LogP contribution in [0.4, 0.5) is 5.69 Å². The van der Waals surface area contributed by atoms with Gasteiger partial charge < -0.3 is 5.32 Å². The standard InChI is InChI=1S/C16H15ClN2O3S/c17-13-4-1-11(2-5-13)10-18-23(21,22)14-6-7-15-12(9-14)3-8-16(20)19-15/h1-2,4-7,9,18H,3,8,10H2,(H,19,20). The molecule has 2 aromatic rings. The predicted octanol–water partition coefficient (Wildman–Crippen LogP) is 2.70. The zero-order chi connectivity index (χ0) is 16.4. The largest absolute Gasteiger partial charge is 0.326 e. The Bertz CT molecular complexity index is 848. The number of anilines is 1. The summed E-state index contributed by atoms with van der Waals surface area (Å²) in [5.74, 6) is -0.0472. The number of hydrogen-bond acceptors (Lipinski definition) is 3. The molecule has 23 heavy (non-hydrogen) atoms. The number of aryl methyl sites for hydroxylation is 1. The summed E-state index contributed by atoms with van der Waals surface area (Å²) >= 11 is 5.81. The number of nitrogens with one attached hydrogen (secondary N) is 2. The van der Waals surface area contributed by atoms with E-state index in [0.717, 1.165) is 11.1 Å². The molecule has 1 amide bonds. The zero-order valence-electron chi connectivity index (χ0n) is 12.2. The molecule has 0 spiro atoms. The Balaban J connectivity index is 1.77. The number of sulfonamides is 1. The summed E-state index contributed by atoms with van der Waals surface area (Å²) in [4.78, 5) is 11.5. The molecule has 1 aliphatic heterocycles. The summed E-state index contributed by atoms with van der Waals surface area (Å²) in [5, 5.41) is 3.34. The molecule has 2 aromatic carbocycles. The number of amides is 1. The molecular weight excluding hydrogens is 336 g/mol. The Labute approximate surface area is 139 Å². The number of carbonyl (C=O) groups excluding carboxylic acids is 1. The second kappa shape index (κ2) is 6.31. The summed E-state index contributed by atoms with van der Waals surface area (Å²) in [6.07, 6.45) is 0.913. The number of benzene rings is 2. The van der Waals surface area contributed by atoms with Crippen LogP contribution in [0.25, 0.3) is 0 Å². The highest BCUT2D eigenvalue weighted by atomic mass is 35.5. The minimum atomic E-state index is -3.61. The minimum absolute atomic E-state index is 0.0472. The number of rotatable bonds is 4. The van der Waals surface area contributed by atoms with Crippen LogP contribution in [-0.2, 0) is 27.8 Å². The van der Waals surface area contributed by atoms with Crippen LogP contribution in [-0.4, -0.2) is 14.3 Å². The Kier molecular flexibility index (Phi) is 4.39. The maximum absolute atomic E-state index is 12.4. The van der Waals surface area contributed by atoms with Gasteiger partial charge in [0, 0.05) is 23.7 Å². The van der Waals surface area contributed by atoms with Crippen molar-refractivity contribution in [3.05, 3.63) is 58.6 Å². The molecule has 5 nitrogen and oxygen atoms in total. The monoisotopic (exact) mass is 350 g/mol. The van der Waals surface area contributed by atoms with E-state index in [1.165, 1.54) is 6.07 Å². The molecule has 0 fully saturated rings. The fraction of sp³-hybridized carbons (Fsp3) is 0.188. The predicted molar refractivity (Wildman–Crippen MR) is 88.9 cm³/mol. The van der Waals surface area contributed by atoms with Gasteiger partial charge in [-0.3, -0.25) is 4.79 Å². The van der Waals surface area contributed by atoms with Crippen molar-refractivity contribution in [1.82, 2.24) is 4.72 Å². The molecule has 1 aliphatic rings. The van der Waals surface area contributed by atoms with Crippen molar-refractivity contribution in [3.8, 4) is 0 Å². The molecule has 120 valence electrons. The Hall–Kier alpha value is -1.89. The quantitative estimate of drug-likeness (QED) is 0.890. The SMILES string of the molecule is O=C1CCc2cc(S(=O)(=O)NCc3ccc(Cl)cc3)ccc2N1. The van der Waals surface area contributed by atoms with Gasteiger partial charge in [0.15, 0.2) is 0 Å². The third-order valence-corrected chi connectivity index (χ3v) is 5.31. The molecule has 0 radical (unpaired) electrons. The molecule has 0 aliphatic carbocycles. The molecule has 0 bridgehead atoms. The number of fused-ring (bicyclic) bond motifs is 1. The summed E-state index contributed by atoms with van der Waals surface area (Å²) in [6.45, 7) is 0.188. The molecule has 7 heteroatoms.